The highest BCUT2D eigenvalue weighted by Crippen LogP contribution is 2.24. The van der Waals surface area contributed by atoms with Gasteiger partial charge in [0.1, 0.15) is 10.6 Å². The molecule has 0 bridgehead atoms. The van der Waals surface area contributed by atoms with Crippen molar-refractivity contribution >= 4 is 37.5 Å². The molecule has 2 N–H and O–H groups in total. The molecule has 1 aliphatic heterocycles. The number of halogens is 1. The highest BCUT2D eigenvalue weighted by Gasteiger charge is 2.25. The van der Waals surface area contributed by atoms with Gasteiger partial charge in [-0.05, 0) is 49.6 Å². The molecule has 0 unspecified atom stereocenters. The Hall–Kier alpha value is -2.73. The van der Waals surface area contributed by atoms with Crippen molar-refractivity contribution < 1.29 is 17.7 Å². The van der Waals surface area contributed by atoms with Gasteiger partial charge in [-0.15, -0.1) is 0 Å². The van der Waals surface area contributed by atoms with Gasteiger partial charge >= 0.3 is 0 Å². The highest BCUT2D eigenvalue weighted by atomic mass is 79.9. The monoisotopic (exact) mass is 603 g/mol. The normalized spacial score (nSPS) is 15.4. The van der Waals surface area contributed by atoms with E-state index in [0.717, 1.165) is 48.3 Å². The molecule has 0 saturated carbocycles. The van der Waals surface area contributed by atoms with Crippen molar-refractivity contribution in [3.05, 3.63) is 75.6 Å². The van der Waals surface area contributed by atoms with Crippen LogP contribution in [0.15, 0.2) is 62.4 Å². The molecule has 0 spiro atoms. The van der Waals surface area contributed by atoms with E-state index in [9.17, 15) is 13.2 Å². The number of hydrogen-bond acceptors (Lipinski definition) is 7. The van der Waals surface area contributed by atoms with Gasteiger partial charge in [-0.25, -0.2) is 13.1 Å². The van der Waals surface area contributed by atoms with Crippen LogP contribution in [0.1, 0.15) is 35.4 Å². The van der Waals surface area contributed by atoms with E-state index in [-0.39, 0.29) is 29.5 Å². The average Bonchev–Trinajstić information content (AvgIpc) is 3.21. The molecule has 11 heteroatoms. The smallest absolute Gasteiger partial charge is 0.245 e. The van der Waals surface area contributed by atoms with Gasteiger partial charge in [-0.2, -0.15) is 0 Å². The number of carbonyl (C=O) groups excluding carboxylic acids is 1. The van der Waals surface area contributed by atoms with Gasteiger partial charge in [0.05, 0.1) is 0 Å². The van der Waals surface area contributed by atoms with Crippen LogP contribution in [0, 0.1) is 13.8 Å². The first-order valence-corrected chi connectivity index (χ1v) is 15.0. The van der Waals surface area contributed by atoms with E-state index in [4.69, 9.17) is 4.52 Å². The maximum absolute atomic E-state index is 13.4. The maximum atomic E-state index is 13.4. The molecule has 1 amide bonds. The summed E-state index contributed by atoms with van der Waals surface area (Å²) in [5, 5.41) is 7.25. The zero-order chi connectivity index (χ0) is 27.1. The molecule has 3 aromatic rings. The molecular formula is C27H34BrN5O4S. The minimum absolute atomic E-state index is 0.0148. The summed E-state index contributed by atoms with van der Waals surface area (Å²) in [6, 6.07) is 16.4. The van der Waals surface area contributed by atoms with Gasteiger partial charge in [0.2, 0.25) is 15.9 Å². The standard InChI is InChI=1S/C27H34BrN5O4S/c1-20-27(21(2)37-31-20)38(35,36)30-13-11-26(34)33-16-15-32(18-22-7-4-3-5-8-22)14-6-12-29-25-10-9-24(28)17-23(25)19-33/h3-5,7-10,17,29-30H,6,11-16,18-19H2,1-2H3. The lowest BCUT2D eigenvalue weighted by Crippen LogP contribution is -2.39. The quantitative estimate of drug-likeness (QED) is 0.419. The fourth-order valence-corrected chi connectivity index (χ4v) is 6.41. The average molecular weight is 605 g/mol. The molecule has 0 radical (unpaired) electrons. The van der Waals surface area contributed by atoms with Crippen LogP contribution < -0.4 is 10.0 Å². The van der Waals surface area contributed by atoms with Crippen molar-refractivity contribution in [1.82, 2.24) is 19.7 Å². The number of rotatable bonds is 7. The summed E-state index contributed by atoms with van der Waals surface area (Å²) < 4.78 is 34.0. The third-order valence-electron chi connectivity index (χ3n) is 6.55. The molecule has 0 aliphatic carbocycles. The molecule has 0 fully saturated rings. The second-order valence-electron chi connectivity index (χ2n) is 9.46. The molecule has 1 aromatic heterocycles. The number of benzene rings is 2. The molecule has 9 nitrogen and oxygen atoms in total. The molecule has 0 atom stereocenters. The minimum Gasteiger partial charge on any atom is -0.385 e. The van der Waals surface area contributed by atoms with Crippen LogP contribution in [0.3, 0.4) is 0 Å². The molecule has 0 saturated heterocycles. The van der Waals surface area contributed by atoms with E-state index in [1.807, 2.05) is 41.3 Å². The summed E-state index contributed by atoms with van der Waals surface area (Å²) in [4.78, 5) is 17.6. The van der Waals surface area contributed by atoms with Crippen LogP contribution in [-0.2, 0) is 27.9 Å². The fraction of sp³-hybridized carbons (Fsp3) is 0.407. The Labute approximate surface area is 232 Å². The van der Waals surface area contributed by atoms with E-state index >= 15 is 0 Å². The molecule has 38 heavy (non-hydrogen) atoms. The SMILES string of the molecule is Cc1noc(C)c1S(=O)(=O)NCCC(=O)N1CCN(Cc2ccccc2)CCCNc2ccc(Br)cc2C1. The van der Waals surface area contributed by atoms with E-state index in [0.29, 0.717) is 18.8 Å². The van der Waals surface area contributed by atoms with Gasteiger partial charge in [0.25, 0.3) is 0 Å². The van der Waals surface area contributed by atoms with Gasteiger partial charge in [0, 0.05) is 62.4 Å². The predicted octanol–water partition coefficient (Wildman–Crippen LogP) is 4.07. The summed E-state index contributed by atoms with van der Waals surface area (Å²) in [5.41, 5.74) is 3.54. The van der Waals surface area contributed by atoms with E-state index in [1.165, 1.54) is 5.56 Å². The van der Waals surface area contributed by atoms with Crippen molar-refractivity contribution in [1.29, 1.82) is 0 Å². The van der Waals surface area contributed by atoms with Crippen LogP contribution >= 0.6 is 15.9 Å². The Morgan fingerprint density at radius 2 is 1.92 bits per heavy atom. The first-order valence-electron chi connectivity index (χ1n) is 12.7. The lowest BCUT2D eigenvalue weighted by molar-refractivity contribution is -0.131. The second-order valence-corrected chi connectivity index (χ2v) is 12.1. The van der Waals surface area contributed by atoms with Gasteiger partial charge in [0.15, 0.2) is 5.76 Å². The van der Waals surface area contributed by atoms with E-state index in [1.54, 1.807) is 13.8 Å². The molecule has 2 aromatic carbocycles. The Bertz CT molecular complexity index is 1330. The van der Waals surface area contributed by atoms with E-state index < -0.39 is 10.0 Å². The predicted molar refractivity (Wildman–Crippen MR) is 150 cm³/mol. The Morgan fingerprint density at radius 1 is 1.13 bits per heavy atom. The number of nitrogens with one attached hydrogen (secondary N) is 2. The number of anilines is 1. The van der Waals surface area contributed by atoms with Crippen molar-refractivity contribution in [3.63, 3.8) is 0 Å². The number of hydrogen-bond donors (Lipinski definition) is 2. The second kappa shape index (κ2) is 12.9. The minimum atomic E-state index is -3.83. The van der Waals surface area contributed by atoms with Gasteiger partial charge in [-0.3, -0.25) is 9.69 Å². The largest absolute Gasteiger partial charge is 0.385 e. The number of nitrogens with zero attached hydrogens (tertiary/aromatic N) is 3. The van der Waals surface area contributed by atoms with Crippen LogP contribution in [0.5, 0.6) is 0 Å². The summed E-state index contributed by atoms with van der Waals surface area (Å²) in [5.74, 6) is 0.109. The van der Waals surface area contributed by atoms with Crippen LogP contribution in [0.4, 0.5) is 5.69 Å². The summed E-state index contributed by atoms with van der Waals surface area (Å²) >= 11 is 3.55. The number of sulfonamides is 1. The Balaban J connectivity index is 1.48. The summed E-state index contributed by atoms with van der Waals surface area (Å²) in [6.07, 6.45) is 1.01. The lowest BCUT2D eigenvalue weighted by Gasteiger charge is -2.28. The Morgan fingerprint density at radius 3 is 2.66 bits per heavy atom. The van der Waals surface area contributed by atoms with Gasteiger partial charge in [-0.1, -0.05) is 51.4 Å². The zero-order valence-electron chi connectivity index (χ0n) is 21.7. The molecule has 2 heterocycles. The maximum Gasteiger partial charge on any atom is 0.245 e. The summed E-state index contributed by atoms with van der Waals surface area (Å²) in [7, 11) is -3.83. The van der Waals surface area contributed by atoms with Crippen LogP contribution in [0.25, 0.3) is 0 Å². The number of fused-ring (bicyclic) bond motifs is 1. The molecule has 1 aliphatic rings. The topological polar surface area (TPSA) is 108 Å². The van der Waals surface area contributed by atoms with Crippen molar-refractivity contribution in [3.8, 4) is 0 Å². The lowest BCUT2D eigenvalue weighted by atomic mass is 10.1. The summed E-state index contributed by atoms with van der Waals surface area (Å²) in [6.45, 7) is 7.33. The van der Waals surface area contributed by atoms with Crippen LogP contribution in [0.2, 0.25) is 0 Å². The third kappa shape index (κ3) is 7.43. The molecular weight excluding hydrogens is 570 g/mol. The van der Waals surface area contributed by atoms with Gasteiger partial charge < -0.3 is 14.7 Å². The number of carbonyl (C=O) groups is 1. The van der Waals surface area contributed by atoms with E-state index in [2.05, 4.69) is 48.2 Å². The number of aromatic nitrogens is 1. The fourth-order valence-electron chi connectivity index (χ4n) is 4.64. The molecule has 4 rings (SSSR count). The first kappa shape index (κ1) is 28.3. The van der Waals surface area contributed by atoms with Crippen molar-refractivity contribution in [2.45, 2.75) is 44.7 Å². The van der Waals surface area contributed by atoms with Crippen molar-refractivity contribution in [2.24, 2.45) is 0 Å². The number of amides is 1. The van der Waals surface area contributed by atoms with Crippen LogP contribution in [-0.4, -0.2) is 62.0 Å². The molecule has 204 valence electrons. The van der Waals surface area contributed by atoms with Crippen molar-refractivity contribution in [2.75, 3.05) is 38.0 Å². The Kier molecular flexibility index (Phi) is 9.59. The highest BCUT2D eigenvalue weighted by molar-refractivity contribution is 9.10. The zero-order valence-corrected chi connectivity index (χ0v) is 24.1. The number of aryl methyl sites for hydroxylation is 2. The third-order valence-corrected chi connectivity index (χ3v) is 8.75. The first-order chi connectivity index (χ1) is 18.2.